The van der Waals surface area contributed by atoms with E-state index in [4.69, 9.17) is 0 Å². The van der Waals surface area contributed by atoms with Gasteiger partial charge in [-0.2, -0.15) is 5.10 Å². The number of nitrogens with one attached hydrogen (secondary N) is 2. The van der Waals surface area contributed by atoms with E-state index in [0.29, 0.717) is 12.4 Å². The van der Waals surface area contributed by atoms with Gasteiger partial charge in [-0.15, -0.1) is 11.3 Å². The molecular formula is C23H19N5OS. The number of rotatable bonds is 5. The lowest BCUT2D eigenvalue weighted by Crippen LogP contribution is -2.15. The summed E-state index contributed by atoms with van der Waals surface area (Å²) in [5.74, 6) is 0.655. The third kappa shape index (κ3) is 3.29. The van der Waals surface area contributed by atoms with Crippen molar-refractivity contribution in [2.75, 3.05) is 5.32 Å². The van der Waals surface area contributed by atoms with E-state index < -0.39 is 0 Å². The number of anilines is 2. The SMILES string of the molecule is CCn1c(-c2cc3c(Nc4ccc(-c5ccccc5)cc4)cncc3s2)n[nH]c1=O. The van der Waals surface area contributed by atoms with Crippen LogP contribution in [0.15, 0.2) is 77.9 Å². The molecule has 2 aromatic carbocycles. The molecule has 5 rings (SSSR count). The van der Waals surface area contributed by atoms with Crippen LogP contribution >= 0.6 is 11.3 Å². The summed E-state index contributed by atoms with van der Waals surface area (Å²) in [5.41, 5.74) is 4.08. The molecule has 0 aliphatic rings. The summed E-state index contributed by atoms with van der Waals surface area (Å²) in [7, 11) is 0. The number of H-pyrrole nitrogens is 1. The summed E-state index contributed by atoms with van der Waals surface area (Å²) in [5, 5.41) is 11.3. The van der Waals surface area contributed by atoms with Gasteiger partial charge in [-0.1, -0.05) is 42.5 Å². The lowest BCUT2D eigenvalue weighted by Gasteiger charge is -2.08. The molecule has 0 amide bonds. The summed E-state index contributed by atoms with van der Waals surface area (Å²) < 4.78 is 2.67. The average molecular weight is 414 g/mol. The van der Waals surface area contributed by atoms with Crippen LogP contribution in [0.2, 0.25) is 0 Å². The Morgan fingerprint density at radius 2 is 1.80 bits per heavy atom. The van der Waals surface area contributed by atoms with Crippen molar-refractivity contribution in [1.29, 1.82) is 0 Å². The zero-order valence-corrected chi connectivity index (χ0v) is 17.1. The Balaban J connectivity index is 1.48. The average Bonchev–Trinajstić information content (AvgIpc) is 3.38. The van der Waals surface area contributed by atoms with Crippen molar-refractivity contribution in [3.8, 4) is 21.8 Å². The molecule has 3 aromatic heterocycles. The second-order valence-corrected chi connectivity index (χ2v) is 7.96. The van der Waals surface area contributed by atoms with Crippen molar-refractivity contribution in [3.05, 3.63) is 83.5 Å². The first kappa shape index (κ1) is 18.3. The maximum Gasteiger partial charge on any atom is 0.343 e. The molecule has 5 aromatic rings. The van der Waals surface area contributed by atoms with Gasteiger partial charge in [-0.3, -0.25) is 9.55 Å². The summed E-state index contributed by atoms with van der Waals surface area (Å²) in [6.45, 7) is 2.50. The maximum atomic E-state index is 11.9. The molecule has 0 radical (unpaired) electrons. The van der Waals surface area contributed by atoms with Gasteiger partial charge in [-0.05, 0) is 36.2 Å². The van der Waals surface area contributed by atoms with Crippen LogP contribution in [0.25, 0.3) is 31.9 Å². The van der Waals surface area contributed by atoms with Crippen molar-refractivity contribution in [3.63, 3.8) is 0 Å². The topological polar surface area (TPSA) is 75.6 Å². The smallest absolute Gasteiger partial charge is 0.343 e. The first-order valence-corrected chi connectivity index (χ1v) is 10.5. The molecule has 0 atom stereocenters. The second-order valence-electron chi connectivity index (χ2n) is 6.87. The number of aromatic amines is 1. The fraction of sp³-hybridized carbons (Fsp3) is 0.0870. The molecule has 148 valence electrons. The van der Waals surface area contributed by atoms with E-state index in [1.165, 1.54) is 11.1 Å². The third-order valence-electron chi connectivity index (χ3n) is 5.01. The van der Waals surface area contributed by atoms with Gasteiger partial charge in [0, 0.05) is 23.8 Å². The van der Waals surface area contributed by atoms with E-state index in [2.05, 4.69) is 63.0 Å². The Kier molecular flexibility index (Phi) is 4.65. The number of nitrogens with zero attached hydrogens (tertiary/aromatic N) is 3. The van der Waals surface area contributed by atoms with Gasteiger partial charge in [0.2, 0.25) is 0 Å². The highest BCUT2D eigenvalue weighted by Gasteiger charge is 2.14. The predicted molar refractivity (Wildman–Crippen MR) is 122 cm³/mol. The standard InChI is InChI=1S/C23H19N5OS/c1-2-28-22(26-27-23(28)29)20-12-18-19(13-24-14-21(18)30-20)25-17-10-8-16(9-11-17)15-6-4-3-5-7-15/h3-14,25H,2H2,1H3,(H,27,29). The first-order valence-electron chi connectivity index (χ1n) is 9.68. The highest BCUT2D eigenvalue weighted by atomic mass is 32.1. The molecule has 3 heterocycles. The summed E-state index contributed by atoms with van der Waals surface area (Å²) in [6, 6.07) is 20.7. The number of hydrogen-bond donors (Lipinski definition) is 2. The summed E-state index contributed by atoms with van der Waals surface area (Å²) >= 11 is 1.57. The minimum atomic E-state index is -0.195. The monoisotopic (exact) mass is 413 g/mol. The molecule has 0 saturated carbocycles. The van der Waals surface area contributed by atoms with Gasteiger partial charge in [0.1, 0.15) is 0 Å². The van der Waals surface area contributed by atoms with E-state index in [-0.39, 0.29) is 5.69 Å². The molecule has 0 saturated heterocycles. The van der Waals surface area contributed by atoms with Crippen LogP contribution in [-0.4, -0.2) is 19.7 Å². The Labute approximate surface area is 176 Å². The van der Waals surface area contributed by atoms with E-state index >= 15 is 0 Å². The highest BCUT2D eigenvalue weighted by molar-refractivity contribution is 7.22. The number of aromatic nitrogens is 4. The molecule has 30 heavy (non-hydrogen) atoms. The van der Waals surface area contributed by atoms with Crippen molar-refractivity contribution in [2.45, 2.75) is 13.5 Å². The largest absolute Gasteiger partial charge is 0.354 e. The van der Waals surface area contributed by atoms with Crippen molar-refractivity contribution in [2.24, 2.45) is 0 Å². The van der Waals surface area contributed by atoms with Gasteiger partial charge in [-0.25, -0.2) is 9.89 Å². The zero-order valence-electron chi connectivity index (χ0n) is 16.3. The molecule has 7 heteroatoms. The van der Waals surface area contributed by atoms with Gasteiger partial charge in [0.05, 0.1) is 21.5 Å². The van der Waals surface area contributed by atoms with Gasteiger partial charge < -0.3 is 5.32 Å². The van der Waals surface area contributed by atoms with Crippen molar-refractivity contribution in [1.82, 2.24) is 19.7 Å². The molecule has 0 unspecified atom stereocenters. The van der Waals surface area contributed by atoms with E-state index in [9.17, 15) is 4.79 Å². The van der Waals surface area contributed by atoms with Gasteiger partial charge in [0.15, 0.2) is 5.82 Å². The molecule has 0 spiro atoms. The molecule has 0 aliphatic heterocycles. The molecule has 0 aliphatic carbocycles. The predicted octanol–water partition coefficient (Wildman–Crippen LogP) is 5.28. The van der Waals surface area contributed by atoms with Crippen LogP contribution in [0.4, 0.5) is 11.4 Å². The Hall–Kier alpha value is -3.71. The number of hydrogen-bond acceptors (Lipinski definition) is 5. The maximum absolute atomic E-state index is 11.9. The van der Waals surface area contributed by atoms with Crippen molar-refractivity contribution >= 4 is 32.8 Å². The Morgan fingerprint density at radius 3 is 2.57 bits per heavy atom. The van der Waals surface area contributed by atoms with Crippen LogP contribution in [0, 0.1) is 0 Å². The lowest BCUT2D eigenvalue weighted by atomic mass is 10.1. The van der Waals surface area contributed by atoms with Gasteiger partial charge in [0.25, 0.3) is 0 Å². The van der Waals surface area contributed by atoms with Crippen LogP contribution < -0.4 is 11.0 Å². The summed E-state index contributed by atoms with van der Waals surface area (Å²) in [4.78, 5) is 17.2. The molecular weight excluding hydrogens is 394 g/mol. The van der Waals surface area contributed by atoms with Gasteiger partial charge >= 0.3 is 5.69 Å². The first-order chi connectivity index (χ1) is 14.7. The lowest BCUT2D eigenvalue weighted by molar-refractivity contribution is 0.737. The fourth-order valence-corrected chi connectivity index (χ4v) is 4.55. The van der Waals surface area contributed by atoms with Crippen LogP contribution in [0.1, 0.15) is 6.92 Å². The minimum Gasteiger partial charge on any atom is -0.354 e. The molecule has 0 bridgehead atoms. The molecule has 6 nitrogen and oxygen atoms in total. The Bertz CT molecular complexity index is 1370. The van der Waals surface area contributed by atoms with Crippen LogP contribution in [0.5, 0.6) is 0 Å². The van der Waals surface area contributed by atoms with E-state index in [1.807, 2.05) is 37.5 Å². The normalized spacial score (nSPS) is 11.1. The van der Waals surface area contributed by atoms with E-state index in [0.717, 1.165) is 26.3 Å². The van der Waals surface area contributed by atoms with Crippen LogP contribution in [-0.2, 0) is 6.54 Å². The minimum absolute atomic E-state index is 0.195. The number of benzene rings is 2. The quantitative estimate of drug-likeness (QED) is 0.411. The zero-order chi connectivity index (χ0) is 20.5. The van der Waals surface area contributed by atoms with Crippen molar-refractivity contribution < 1.29 is 0 Å². The molecule has 2 N–H and O–H groups in total. The second kappa shape index (κ2) is 7.61. The Morgan fingerprint density at radius 1 is 1.03 bits per heavy atom. The third-order valence-corrected chi connectivity index (χ3v) is 6.08. The number of pyridine rings is 1. The fourth-order valence-electron chi connectivity index (χ4n) is 3.50. The molecule has 0 fully saturated rings. The number of fused-ring (bicyclic) bond motifs is 1. The van der Waals surface area contributed by atoms with E-state index in [1.54, 1.807) is 15.9 Å². The highest BCUT2D eigenvalue weighted by Crippen LogP contribution is 2.36. The van der Waals surface area contributed by atoms with Crippen LogP contribution in [0.3, 0.4) is 0 Å². The summed E-state index contributed by atoms with van der Waals surface area (Å²) in [6.07, 6.45) is 3.66. The number of thiophene rings is 1.